The molecule has 0 saturated carbocycles. The number of hydrogen-bond acceptors (Lipinski definition) is 5. The van der Waals surface area contributed by atoms with E-state index in [9.17, 15) is 8.42 Å². The van der Waals surface area contributed by atoms with Crippen molar-refractivity contribution in [2.24, 2.45) is 0 Å². The Balaban J connectivity index is 2.25. The summed E-state index contributed by atoms with van der Waals surface area (Å²) in [5, 5.41) is 4.14. The summed E-state index contributed by atoms with van der Waals surface area (Å²) in [4.78, 5) is 11.0. The number of aromatic amines is 1. The van der Waals surface area contributed by atoms with Gasteiger partial charge in [-0.3, -0.25) is 0 Å². The van der Waals surface area contributed by atoms with Crippen LogP contribution >= 0.6 is 0 Å². The predicted octanol–water partition coefficient (Wildman–Crippen LogP) is 1.01. The first kappa shape index (κ1) is 15.6. The molecule has 2 rings (SSSR count). The van der Waals surface area contributed by atoms with Gasteiger partial charge in [-0.2, -0.15) is 9.82 Å². The Morgan fingerprint density at radius 2 is 2.10 bits per heavy atom. The van der Waals surface area contributed by atoms with Crippen molar-refractivity contribution in [1.29, 1.82) is 0 Å². The van der Waals surface area contributed by atoms with Crippen molar-refractivity contribution in [1.82, 2.24) is 29.5 Å². The van der Waals surface area contributed by atoms with E-state index in [0.29, 0.717) is 31.0 Å². The number of imidazole rings is 1. The summed E-state index contributed by atoms with van der Waals surface area (Å²) in [6.45, 7) is 6.37. The van der Waals surface area contributed by atoms with Crippen molar-refractivity contribution < 1.29 is 8.42 Å². The smallest absolute Gasteiger partial charge is 0.258 e. The Hall–Kier alpha value is -1.74. The molecular formula is C12H20N6O2S. The molecule has 1 atom stereocenters. The van der Waals surface area contributed by atoms with Crippen molar-refractivity contribution in [2.75, 3.05) is 0 Å². The summed E-state index contributed by atoms with van der Waals surface area (Å²) < 4.78 is 29.1. The molecule has 0 aromatic carbocycles. The van der Waals surface area contributed by atoms with Gasteiger partial charge in [-0.05, 0) is 13.3 Å². The summed E-state index contributed by atoms with van der Waals surface area (Å²) in [7, 11) is -3.66. The van der Waals surface area contributed by atoms with E-state index in [2.05, 4.69) is 24.8 Å². The number of H-pyrrole nitrogens is 1. The second kappa shape index (κ2) is 6.35. The van der Waals surface area contributed by atoms with Crippen molar-refractivity contribution in [3.8, 4) is 0 Å². The van der Waals surface area contributed by atoms with Gasteiger partial charge in [-0.15, -0.1) is 0 Å². The first-order valence-corrected chi connectivity index (χ1v) is 8.44. The minimum atomic E-state index is -3.66. The number of rotatable bonds is 7. The van der Waals surface area contributed by atoms with Crippen molar-refractivity contribution >= 4 is 10.0 Å². The molecule has 0 aliphatic rings. The Kier molecular flexibility index (Phi) is 4.73. The molecule has 8 nitrogen and oxygen atoms in total. The third kappa shape index (κ3) is 3.30. The van der Waals surface area contributed by atoms with Gasteiger partial charge in [0.15, 0.2) is 5.03 Å². The number of hydrogen-bond donors (Lipinski definition) is 2. The highest BCUT2D eigenvalue weighted by Crippen LogP contribution is 2.17. The molecule has 0 radical (unpaired) electrons. The van der Waals surface area contributed by atoms with Crippen LogP contribution < -0.4 is 4.72 Å². The summed E-state index contributed by atoms with van der Waals surface area (Å²) in [5.74, 6) is 1.25. The van der Waals surface area contributed by atoms with Crippen LogP contribution in [0.1, 0.15) is 44.9 Å². The molecule has 21 heavy (non-hydrogen) atoms. The Morgan fingerprint density at radius 1 is 1.33 bits per heavy atom. The third-order valence-corrected chi connectivity index (χ3v) is 4.57. The number of nitrogens with one attached hydrogen (secondary N) is 2. The Labute approximate surface area is 124 Å². The van der Waals surface area contributed by atoms with Gasteiger partial charge in [0.1, 0.15) is 18.0 Å². The van der Waals surface area contributed by atoms with Gasteiger partial charge in [-0.1, -0.05) is 13.8 Å². The number of aryl methyl sites for hydroxylation is 2. The van der Waals surface area contributed by atoms with Crippen LogP contribution in [0.5, 0.6) is 0 Å². The van der Waals surface area contributed by atoms with Crippen molar-refractivity contribution in [2.45, 2.75) is 51.2 Å². The minimum absolute atomic E-state index is 0.0698. The first-order valence-electron chi connectivity index (χ1n) is 6.95. The van der Waals surface area contributed by atoms with Crippen LogP contribution in [0.4, 0.5) is 0 Å². The van der Waals surface area contributed by atoms with Crippen LogP contribution in [0, 0.1) is 0 Å². The normalized spacial score (nSPS) is 13.5. The second-order valence-corrected chi connectivity index (χ2v) is 6.25. The van der Waals surface area contributed by atoms with Gasteiger partial charge in [0.05, 0.1) is 12.2 Å². The fourth-order valence-electron chi connectivity index (χ4n) is 2.02. The summed E-state index contributed by atoms with van der Waals surface area (Å²) >= 11 is 0. The molecule has 0 bridgehead atoms. The van der Waals surface area contributed by atoms with Crippen LogP contribution in [-0.4, -0.2) is 33.2 Å². The molecule has 0 fully saturated rings. The highest BCUT2D eigenvalue weighted by molar-refractivity contribution is 7.89. The van der Waals surface area contributed by atoms with Gasteiger partial charge in [0, 0.05) is 13.0 Å². The van der Waals surface area contributed by atoms with Crippen LogP contribution in [-0.2, 0) is 23.0 Å². The lowest BCUT2D eigenvalue weighted by molar-refractivity contribution is 0.501. The first-order chi connectivity index (χ1) is 10.0. The highest BCUT2D eigenvalue weighted by atomic mass is 32.2. The van der Waals surface area contributed by atoms with Gasteiger partial charge >= 0.3 is 0 Å². The van der Waals surface area contributed by atoms with E-state index < -0.39 is 16.1 Å². The zero-order valence-electron chi connectivity index (χ0n) is 12.4. The largest absolute Gasteiger partial charge is 0.332 e. The maximum atomic E-state index is 12.4. The van der Waals surface area contributed by atoms with E-state index in [1.807, 2.05) is 20.8 Å². The van der Waals surface area contributed by atoms with E-state index in [1.54, 1.807) is 4.68 Å². The fraction of sp³-hybridized carbons (Fsp3) is 0.583. The van der Waals surface area contributed by atoms with Crippen LogP contribution in [0.25, 0.3) is 0 Å². The molecule has 2 heterocycles. The monoisotopic (exact) mass is 312 g/mol. The van der Waals surface area contributed by atoms with E-state index in [1.165, 1.54) is 12.5 Å². The van der Waals surface area contributed by atoms with Crippen LogP contribution in [0.2, 0.25) is 0 Å². The molecule has 0 saturated heterocycles. The lowest BCUT2D eigenvalue weighted by atomic mass is 10.2. The molecular weight excluding hydrogens is 292 g/mol. The molecule has 0 unspecified atom stereocenters. The van der Waals surface area contributed by atoms with Gasteiger partial charge in [-0.25, -0.2) is 23.1 Å². The maximum Gasteiger partial charge on any atom is 0.258 e. The summed E-state index contributed by atoms with van der Waals surface area (Å²) in [5.41, 5.74) is 0. The molecule has 0 amide bonds. The van der Waals surface area contributed by atoms with Gasteiger partial charge < -0.3 is 4.98 Å². The number of aromatic nitrogens is 5. The van der Waals surface area contributed by atoms with Gasteiger partial charge in [0.25, 0.3) is 10.0 Å². The zero-order chi connectivity index (χ0) is 15.5. The average Bonchev–Trinajstić information content (AvgIpc) is 3.13. The lowest BCUT2D eigenvalue weighted by Crippen LogP contribution is -2.30. The Morgan fingerprint density at radius 3 is 2.67 bits per heavy atom. The quantitative estimate of drug-likeness (QED) is 0.794. The van der Waals surface area contributed by atoms with Crippen LogP contribution in [0.3, 0.4) is 0 Å². The van der Waals surface area contributed by atoms with E-state index in [4.69, 9.17) is 0 Å². The third-order valence-electron chi connectivity index (χ3n) is 3.19. The van der Waals surface area contributed by atoms with Crippen molar-refractivity contribution in [3.05, 3.63) is 24.2 Å². The lowest BCUT2D eigenvalue weighted by Gasteiger charge is -2.16. The standard InChI is InChI=1S/C12H20N6O2S/c1-4-9(12-14-8-15-18(12)6-3)17-21(19,20)11-7-13-10(5-2)16-11/h7-9,17H,4-6H2,1-3H3,(H,13,16)/t9-/m0/s1. The fourth-order valence-corrected chi connectivity index (χ4v) is 3.23. The topological polar surface area (TPSA) is 106 Å². The zero-order valence-corrected chi connectivity index (χ0v) is 13.2. The average molecular weight is 312 g/mol. The molecule has 0 spiro atoms. The predicted molar refractivity (Wildman–Crippen MR) is 77.0 cm³/mol. The van der Waals surface area contributed by atoms with Crippen LogP contribution in [0.15, 0.2) is 17.6 Å². The molecule has 116 valence electrons. The maximum absolute atomic E-state index is 12.4. The molecule has 0 aliphatic carbocycles. The second-order valence-electron chi connectivity index (χ2n) is 4.56. The molecule has 0 aliphatic heterocycles. The summed E-state index contributed by atoms with van der Waals surface area (Å²) in [6, 6.07) is -0.425. The van der Waals surface area contributed by atoms with Crippen molar-refractivity contribution in [3.63, 3.8) is 0 Å². The molecule has 2 N–H and O–H groups in total. The number of sulfonamides is 1. The van der Waals surface area contributed by atoms with E-state index in [-0.39, 0.29) is 5.03 Å². The Bertz CT molecular complexity index is 690. The molecule has 2 aromatic heterocycles. The number of nitrogens with zero attached hydrogens (tertiary/aromatic N) is 4. The van der Waals surface area contributed by atoms with E-state index >= 15 is 0 Å². The van der Waals surface area contributed by atoms with E-state index in [0.717, 1.165) is 0 Å². The SMILES string of the molecule is CCc1ncc(S(=O)(=O)N[C@@H](CC)c2ncnn2CC)[nH]1. The molecule has 9 heteroatoms. The molecule has 2 aromatic rings. The minimum Gasteiger partial charge on any atom is -0.332 e. The van der Waals surface area contributed by atoms with Gasteiger partial charge in [0.2, 0.25) is 0 Å². The summed E-state index contributed by atoms with van der Waals surface area (Å²) in [6.07, 6.45) is 3.99. The highest BCUT2D eigenvalue weighted by Gasteiger charge is 2.25.